The van der Waals surface area contributed by atoms with Crippen molar-refractivity contribution in [3.8, 4) is 0 Å². The maximum atomic E-state index is 6.06. The van der Waals surface area contributed by atoms with Gasteiger partial charge < -0.3 is 10.5 Å². The molecule has 1 aliphatic carbocycles. The van der Waals surface area contributed by atoms with Crippen molar-refractivity contribution in [2.24, 2.45) is 11.7 Å². The molecule has 1 heterocycles. The van der Waals surface area contributed by atoms with Crippen molar-refractivity contribution in [3.63, 3.8) is 0 Å². The summed E-state index contributed by atoms with van der Waals surface area (Å²) in [5.74, 6) is 0.932. The zero-order valence-electron chi connectivity index (χ0n) is 10.9. The minimum Gasteiger partial charge on any atom is -0.375 e. The predicted octanol–water partition coefficient (Wildman–Crippen LogP) is 1.61. The lowest BCUT2D eigenvalue weighted by molar-refractivity contribution is -0.0982. The van der Waals surface area contributed by atoms with Gasteiger partial charge in [-0.3, -0.25) is 4.90 Å². The van der Waals surface area contributed by atoms with Crippen molar-refractivity contribution in [2.75, 3.05) is 20.1 Å². The molecule has 2 N–H and O–H groups in total. The molecule has 0 bridgehead atoms. The highest BCUT2D eigenvalue weighted by atomic mass is 16.5. The van der Waals surface area contributed by atoms with Gasteiger partial charge in [0.15, 0.2) is 0 Å². The first-order valence-electron chi connectivity index (χ1n) is 6.62. The van der Waals surface area contributed by atoms with Crippen LogP contribution in [0.5, 0.6) is 0 Å². The topological polar surface area (TPSA) is 38.5 Å². The summed E-state index contributed by atoms with van der Waals surface area (Å²) in [5, 5.41) is 0. The Labute approximate surface area is 99.3 Å². The Hall–Kier alpha value is -0.120. The molecule has 2 aliphatic rings. The minimum atomic E-state index is 0.180. The summed E-state index contributed by atoms with van der Waals surface area (Å²) in [5.41, 5.74) is 6.24. The third kappa shape index (κ3) is 2.58. The van der Waals surface area contributed by atoms with E-state index < -0.39 is 0 Å². The van der Waals surface area contributed by atoms with Gasteiger partial charge in [-0.05, 0) is 52.5 Å². The highest BCUT2D eigenvalue weighted by Crippen LogP contribution is 2.36. The second-order valence-corrected chi connectivity index (χ2v) is 5.92. The van der Waals surface area contributed by atoms with Crippen molar-refractivity contribution in [2.45, 2.75) is 57.3 Å². The molecule has 1 aliphatic heterocycles. The fourth-order valence-corrected chi connectivity index (χ4v) is 3.16. The first kappa shape index (κ1) is 12.3. The Balaban J connectivity index is 2.03. The molecule has 16 heavy (non-hydrogen) atoms. The molecule has 0 radical (unpaired) electrons. The van der Waals surface area contributed by atoms with Crippen LogP contribution in [0.1, 0.15) is 39.5 Å². The molecule has 0 amide bonds. The van der Waals surface area contributed by atoms with Gasteiger partial charge in [-0.2, -0.15) is 0 Å². The lowest BCUT2D eigenvalue weighted by Crippen LogP contribution is -2.58. The normalized spacial score (nSPS) is 40.3. The van der Waals surface area contributed by atoms with Crippen LogP contribution in [0.4, 0.5) is 0 Å². The molecule has 0 spiro atoms. The molecule has 0 aromatic heterocycles. The molecular weight excluding hydrogens is 200 g/mol. The van der Waals surface area contributed by atoms with Crippen molar-refractivity contribution >= 4 is 0 Å². The fourth-order valence-electron chi connectivity index (χ4n) is 3.16. The van der Waals surface area contributed by atoms with Crippen molar-refractivity contribution in [1.82, 2.24) is 4.90 Å². The van der Waals surface area contributed by atoms with E-state index >= 15 is 0 Å². The highest BCUT2D eigenvalue weighted by molar-refractivity contribution is 4.97. The van der Waals surface area contributed by atoms with Gasteiger partial charge in [0.1, 0.15) is 0 Å². The Bertz CT molecular complexity index is 230. The molecule has 2 unspecified atom stereocenters. The lowest BCUT2D eigenvalue weighted by Gasteiger charge is -2.48. The predicted molar refractivity (Wildman–Crippen MR) is 66.4 cm³/mol. The van der Waals surface area contributed by atoms with Crippen LogP contribution >= 0.6 is 0 Å². The summed E-state index contributed by atoms with van der Waals surface area (Å²) < 4.78 is 5.83. The van der Waals surface area contributed by atoms with Crippen LogP contribution in [-0.4, -0.2) is 42.8 Å². The molecular formula is C13H26N2O. The molecule has 1 saturated carbocycles. The summed E-state index contributed by atoms with van der Waals surface area (Å²) >= 11 is 0. The summed E-state index contributed by atoms with van der Waals surface area (Å²) in [6.07, 6.45) is 5.66. The van der Waals surface area contributed by atoms with Gasteiger partial charge in [0, 0.05) is 18.6 Å². The molecule has 3 heteroatoms. The van der Waals surface area contributed by atoms with Crippen molar-refractivity contribution < 1.29 is 4.74 Å². The zero-order chi connectivity index (χ0) is 11.8. The van der Waals surface area contributed by atoms with Gasteiger partial charge in [0.2, 0.25) is 0 Å². The van der Waals surface area contributed by atoms with Gasteiger partial charge in [-0.1, -0.05) is 0 Å². The Morgan fingerprint density at radius 2 is 1.81 bits per heavy atom. The molecule has 2 atom stereocenters. The van der Waals surface area contributed by atoms with Crippen LogP contribution in [-0.2, 0) is 4.74 Å². The minimum absolute atomic E-state index is 0.180. The smallest absolute Gasteiger partial charge is 0.0568 e. The maximum Gasteiger partial charge on any atom is 0.0568 e. The molecule has 1 saturated heterocycles. The third-order valence-corrected chi connectivity index (χ3v) is 4.22. The number of rotatable bonds is 4. The second kappa shape index (κ2) is 4.63. The average molecular weight is 226 g/mol. The fraction of sp³-hybridized carbons (Fsp3) is 1.00. The third-order valence-electron chi connectivity index (χ3n) is 4.22. The van der Waals surface area contributed by atoms with E-state index in [4.69, 9.17) is 10.5 Å². The summed E-state index contributed by atoms with van der Waals surface area (Å²) in [4.78, 5) is 2.51. The number of ether oxygens (including phenoxy) is 1. The van der Waals surface area contributed by atoms with Crippen molar-refractivity contribution in [1.29, 1.82) is 0 Å². The quantitative estimate of drug-likeness (QED) is 0.791. The number of nitrogens with zero attached hydrogens (tertiary/aromatic N) is 1. The Morgan fingerprint density at radius 1 is 1.25 bits per heavy atom. The van der Waals surface area contributed by atoms with E-state index in [2.05, 4.69) is 25.8 Å². The summed E-state index contributed by atoms with van der Waals surface area (Å²) in [7, 11) is 2.25. The van der Waals surface area contributed by atoms with Gasteiger partial charge in [-0.15, -0.1) is 0 Å². The Kier molecular flexibility index (Phi) is 3.57. The van der Waals surface area contributed by atoms with Crippen molar-refractivity contribution in [3.05, 3.63) is 0 Å². The first-order valence-corrected chi connectivity index (χ1v) is 6.62. The zero-order valence-corrected chi connectivity index (χ0v) is 10.9. The molecule has 3 nitrogen and oxygen atoms in total. The van der Waals surface area contributed by atoms with Crippen LogP contribution < -0.4 is 5.73 Å². The van der Waals surface area contributed by atoms with Crippen LogP contribution in [0, 0.1) is 5.92 Å². The van der Waals surface area contributed by atoms with Gasteiger partial charge >= 0.3 is 0 Å². The SMILES string of the molecule is CC1CC(CN)(N(C)CC2CC2)CC(C)O1. The average Bonchev–Trinajstić information content (AvgIpc) is 2.99. The monoisotopic (exact) mass is 226 g/mol. The molecule has 2 fully saturated rings. The number of nitrogens with two attached hydrogens (primary N) is 1. The maximum absolute atomic E-state index is 6.06. The summed E-state index contributed by atoms with van der Waals surface area (Å²) in [6.45, 7) is 6.32. The molecule has 0 aromatic rings. The molecule has 0 aromatic carbocycles. The lowest BCUT2D eigenvalue weighted by atomic mass is 9.82. The van der Waals surface area contributed by atoms with E-state index in [0.29, 0.717) is 12.2 Å². The van der Waals surface area contributed by atoms with E-state index in [9.17, 15) is 0 Å². The number of hydrogen-bond donors (Lipinski definition) is 1. The van der Waals surface area contributed by atoms with Gasteiger partial charge in [-0.25, -0.2) is 0 Å². The van der Waals surface area contributed by atoms with E-state index in [1.54, 1.807) is 0 Å². The Morgan fingerprint density at radius 3 is 2.25 bits per heavy atom. The highest BCUT2D eigenvalue weighted by Gasteiger charge is 2.42. The standard InChI is InChI=1S/C13H26N2O/c1-10-6-13(9-14,7-11(2)16-10)15(3)8-12-4-5-12/h10-12H,4-9,14H2,1-3H3. The number of hydrogen-bond acceptors (Lipinski definition) is 3. The van der Waals surface area contributed by atoms with Crippen LogP contribution in [0.25, 0.3) is 0 Å². The molecule has 94 valence electrons. The van der Waals surface area contributed by atoms with Gasteiger partial charge in [0.05, 0.1) is 12.2 Å². The first-order chi connectivity index (χ1) is 7.55. The van der Waals surface area contributed by atoms with Gasteiger partial charge in [0.25, 0.3) is 0 Å². The van der Waals surface area contributed by atoms with E-state index in [-0.39, 0.29) is 5.54 Å². The molecule has 2 rings (SSSR count). The van der Waals surface area contributed by atoms with E-state index in [1.807, 2.05) is 0 Å². The van der Waals surface area contributed by atoms with E-state index in [0.717, 1.165) is 25.3 Å². The van der Waals surface area contributed by atoms with Crippen LogP contribution in [0.3, 0.4) is 0 Å². The van der Waals surface area contributed by atoms with Crippen LogP contribution in [0.15, 0.2) is 0 Å². The second-order valence-electron chi connectivity index (χ2n) is 5.92. The van der Waals surface area contributed by atoms with E-state index in [1.165, 1.54) is 19.4 Å². The largest absolute Gasteiger partial charge is 0.375 e. The van der Waals surface area contributed by atoms with Crippen LogP contribution in [0.2, 0.25) is 0 Å². The summed E-state index contributed by atoms with van der Waals surface area (Å²) in [6, 6.07) is 0. The number of likely N-dealkylation sites (N-methyl/N-ethyl adjacent to an activating group) is 1.